The summed E-state index contributed by atoms with van der Waals surface area (Å²) in [4.78, 5) is 16.7. The predicted molar refractivity (Wildman–Crippen MR) is 77.5 cm³/mol. The summed E-state index contributed by atoms with van der Waals surface area (Å²) in [6.45, 7) is 0.374. The Morgan fingerprint density at radius 2 is 2.20 bits per heavy atom. The fourth-order valence-corrected chi connectivity index (χ4v) is 2.83. The van der Waals surface area contributed by atoms with Crippen molar-refractivity contribution in [2.24, 2.45) is 4.99 Å². The highest BCUT2D eigenvalue weighted by Crippen LogP contribution is 2.33. The Hall–Kier alpha value is -2.82. The van der Waals surface area contributed by atoms with E-state index in [9.17, 15) is 4.79 Å². The molecule has 2 aliphatic rings. The molecule has 98 valence electrons. The number of aromatic nitrogens is 1. The third kappa shape index (κ3) is 1.37. The highest BCUT2D eigenvalue weighted by atomic mass is 16.4. The van der Waals surface area contributed by atoms with Gasteiger partial charge in [0, 0.05) is 41.3 Å². The quantitative estimate of drug-likeness (QED) is 0.796. The summed E-state index contributed by atoms with van der Waals surface area (Å²) < 4.78 is 2.07. The van der Waals surface area contributed by atoms with Gasteiger partial charge in [0.15, 0.2) is 0 Å². The van der Waals surface area contributed by atoms with Crippen molar-refractivity contribution in [2.45, 2.75) is 6.54 Å². The Labute approximate surface area is 114 Å². The van der Waals surface area contributed by atoms with E-state index in [2.05, 4.69) is 9.56 Å². The lowest BCUT2D eigenvalue weighted by Crippen LogP contribution is -2.25. The molecule has 1 amide bonds. The van der Waals surface area contributed by atoms with Gasteiger partial charge in [0.25, 0.3) is 0 Å². The first-order chi connectivity index (χ1) is 9.75. The fraction of sp³-hybridized carbons (Fsp3) is 0.0667. The van der Waals surface area contributed by atoms with Crippen LogP contribution in [0.4, 0.5) is 4.79 Å². The second-order valence-corrected chi connectivity index (χ2v) is 4.78. The SMILES string of the molecule is O=C(O)N1C=Cc2c(c3cccc4c3n2C=CN=C4)C1. The summed E-state index contributed by atoms with van der Waals surface area (Å²) in [6.07, 6.45) is 7.99. The van der Waals surface area contributed by atoms with Gasteiger partial charge in [-0.15, -0.1) is 0 Å². The van der Waals surface area contributed by atoms with Crippen LogP contribution in [0, 0.1) is 0 Å². The molecule has 3 heterocycles. The molecule has 1 N–H and O–H groups in total. The van der Waals surface area contributed by atoms with E-state index in [0.29, 0.717) is 6.54 Å². The average molecular weight is 265 g/mol. The maximum Gasteiger partial charge on any atom is 0.411 e. The van der Waals surface area contributed by atoms with E-state index in [1.54, 1.807) is 12.4 Å². The number of fused-ring (bicyclic) bond motifs is 3. The lowest BCUT2D eigenvalue weighted by atomic mass is 10.1. The summed E-state index contributed by atoms with van der Waals surface area (Å²) in [5.41, 5.74) is 4.17. The third-order valence-electron chi connectivity index (χ3n) is 3.70. The van der Waals surface area contributed by atoms with Crippen molar-refractivity contribution >= 4 is 35.5 Å². The van der Waals surface area contributed by atoms with Gasteiger partial charge in [-0.25, -0.2) is 4.79 Å². The largest absolute Gasteiger partial charge is 0.465 e. The predicted octanol–water partition coefficient (Wildman–Crippen LogP) is 2.97. The Bertz CT molecular complexity index is 827. The first kappa shape index (κ1) is 11.0. The number of para-hydroxylation sites is 1. The van der Waals surface area contributed by atoms with Gasteiger partial charge in [0.2, 0.25) is 0 Å². The molecule has 5 nitrogen and oxygen atoms in total. The molecule has 0 atom stereocenters. The molecule has 1 aromatic carbocycles. The van der Waals surface area contributed by atoms with Crippen LogP contribution in [0.15, 0.2) is 35.6 Å². The minimum absolute atomic E-state index is 0.374. The van der Waals surface area contributed by atoms with Crippen LogP contribution in [-0.4, -0.2) is 26.9 Å². The van der Waals surface area contributed by atoms with Crippen LogP contribution in [0.3, 0.4) is 0 Å². The highest BCUT2D eigenvalue weighted by Gasteiger charge is 2.23. The molecule has 4 rings (SSSR count). The number of carbonyl (C=O) groups is 1. The highest BCUT2D eigenvalue weighted by molar-refractivity contribution is 6.03. The Morgan fingerprint density at radius 1 is 1.30 bits per heavy atom. The van der Waals surface area contributed by atoms with Crippen molar-refractivity contribution in [1.82, 2.24) is 9.47 Å². The van der Waals surface area contributed by atoms with E-state index >= 15 is 0 Å². The minimum atomic E-state index is -0.937. The van der Waals surface area contributed by atoms with E-state index in [4.69, 9.17) is 5.11 Å². The van der Waals surface area contributed by atoms with Gasteiger partial charge in [-0.1, -0.05) is 18.2 Å². The van der Waals surface area contributed by atoms with E-state index in [0.717, 1.165) is 27.7 Å². The Morgan fingerprint density at radius 3 is 3.05 bits per heavy atom. The molecule has 0 saturated carbocycles. The molecular formula is C15H11N3O2. The summed E-state index contributed by atoms with van der Waals surface area (Å²) in [6, 6.07) is 6.02. The molecule has 2 aromatic rings. The molecule has 0 fully saturated rings. The molecule has 5 heteroatoms. The molecule has 1 aromatic heterocycles. The zero-order chi connectivity index (χ0) is 13.7. The molecule has 0 unspecified atom stereocenters. The molecule has 0 spiro atoms. The van der Waals surface area contributed by atoms with E-state index in [1.807, 2.05) is 36.7 Å². The van der Waals surface area contributed by atoms with Gasteiger partial charge in [-0.2, -0.15) is 0 Å². The lowest BCUT2D eigenvalue weighted by Gasteiger charge is -2.19. The van der Waals surface area contributed by atoms with Gasteiger partial charge < -0.3 is 9.67 Å². The number of aliphatic imine (C=N–C) groups is 1. The van der Waals surface area contributed by atoms with E-state index in [1.165, 1.54) is 4.90 Å². The molecule has 0 bridgehead atoms. The van der Waals surface area contributed by atoms with Crippen LogP contribution in [-0.2, 0) is 6.54 Å². The van der Waals surface area contributed by atoms with E-state index < -0.39 is 6.09 Å². The number of amides is 1. The summed E-state index contributed by atoms with van der Waals surface area (Å²) >= 11 is 0. The fourth-order valence-electron chi connectivity index (χ4n) is 2.83. The molecule has 20 heavy (non-hydrogen) atoms. The zero-order valence-electron chi connectivity index (χ0n) is 10.5. The first-order valence-electron chi connectivity index (χ1n) is 6.29. The van der Waals surface area contributed by atoms with Gasteiger partial charge in [-0.05, 0) is 6.08 Å². The van der Waals surface area contributed by atoms with Gasteiger partial charge in [0.1, 0.15) is 0 Å². The second kappa shape index (κ2) is 3.84. The van der Waals surface area contributed by atoms with Gasteiger partial charge in [-0.3, -0.25) is 9.89 Å². The number of nitrogens with zero attached hydrogens (tertiary/aromatic N) is 3. The van der Waals surface area contributed by atoms with Crippen LogP contribution in [0.2, 0.25) is 0 Å². The molecule has 2 aliphatic heterocycles. The van der Waals surface area contributed by atoms with Crippen molar-refractivity contribution in [3.63, 3.8) is 0 Å². The van der Waals surface area contributed by atoms with Crippen LogP contribution < -0.4 is 0 Å². The molecule has 0 aliphatic carbocycles. The maximum atomic E-state index is 11.1. The summed E-state index contributed by atoms with van der Waals surface area (Å²) in [7, 11) is 0. The number of rotatable bonds is 0. The van der Waals surface area contributed by atoms with Crippen LogP contribution in [0.5, 0.6) is 0 Å². The molecular weight excluding hydrogens is 254 g/mol. The first-order valence-corrected chi connectivity index (χ1v) is 6.29. The Kier molecular flexibility index (Phi) is 2.12. The standard InChI is InChI=1S/C15H11N3O2/c19-15(20)17-6-4-13-12(9-17)11-3-1-2-10-8-16-5-7-18(13)14(10)11/h1-8H,9H2,(H,19,20). The van der Waals surface area contributed by atoms with Crippen LogP contribution >= 0.6 is 0 Å². The third-order valence-corrected chi connectivity index (χ3v) is 3.70. The van der Waals surface area contributed by atoms with Gasteiger partial charge >= 0.3 is 6.09 Å². The van der Waals surface area contributed by atoms with E-state index in [-0.39, 0.29) is 0 Å². The lowest BCUT2D eigenvalue weighted by molar-refractivity contribution is 0.161. The number of carboxylic acid groups (broad SMARTS) is 1. The van der Waals surface area contributed by atoms with Crippen LogP contribution in [0.25, 0.3) is 23.2 Å². The summed E-state index contributed by atoms with van der Waals surface area (Å²) in [5, 5.41) is 10.2. The van der Waals surface area contributed by atoms with Gasteiger partial charge in [0.05, 0.1) is 17.8 Å². The van der Waals surface area contributed by atoms with Crippen molar-refractivity contribution in [3.05, 3.63) is 47.4 Å². The second-order valence-electron chi connectivity index (χ2n) is 4.78. The normalized spacial score (nSPS) is 15.5. The van der Waals surface area contributed by atoms with Crippen molar-refractivity contribution in [3.8, 4) is 0 Å². The monoisotopic (exact) mass is 265 g/mol. The molecule has 0 radical (unpaired) electrons. The van der Waals surface area contributed by atoms with Crippen molar-refractivity contribution in [1.29, 1.82) is 0 Å². The average Bonchev–Trinajstić information content (AvgIpc) is 2.63. The zero-order valence-corrected chi connectivity index (χ0v) is 10.5. The number of hydrogen-bond acceptors (Lipinski definition) is 2. The topological polar surface area (TPSA) is 57.8 Å². The number of benzene rings is 1. The molecule has 0 saturated heterocycles. The maximum absolute atomic E-state index is 11.1. The minimum Gasteiger partial charge on any atom is -0.465 e. The smallest absolute Gasteiger partial charge is 0.411 e. The van der Waals surface area contributed by atoms with Crippen molar-refractivity contribution in [2.75, 3.05) is 0 Å². The number of hydrogen-bond donors (Lipinski definition) is 1. The van der Waals surface area contributed by atoms with Crippen molar-refractivity contribution < 1.29 is 9.90 Å². The summed E-state index contributed by atoms with van der Waals surface area (Å²) in [5.74, 6) is 0. The Balaban J connectivity index is 2.05. The van der Waals surface area contributed by atoms with Crippen LogP contribution in [0.1, 0.15) is 16.8 Å².